The maximum Gasteiger partial charge on any atom is 0.193 e. The van der Waals surface area contributed by atoms with Gasteiger partial charge in [-0.25, -0.2) is 0 Å². The molecule has 4 aromatic carbocycles. The molecule has 0 aliphatic carbocycles. The van der Waals surface area contributed by atoms with Gasteiger partial charge >= 0.3 is 0 Å². The maximum absolute atomic E-state index is 12.8. The van der Waals surface area contributed by atoms with Crippen LogP contribution in [0.3, 0.4) is 0 Å². The second-order valence-electron chi connectivity index (χ2n) is 6.71. The fraction of sp³-hybridized carbons (Fsp3) is 0.0385. The normalized spacial score (nSPS) is 10.6. The molecule has 0 spiro atoms. The Morgan fingerprint density at radius 1 is 0.571 bits per heavy atom. The molecule has 2 heteroatoms. The number of hydrogen-bond acceptors (Lipinski definition) is 2. The highest BCUT2D eigenvalue weighted by molar-refractivity contribution is 7.99. The summed E-state index contributed by atoms with van der Waals surface area (Å²) in [5, 5.41) is 0. The van der Waals surface area contributed by atoms with Gasteiger partial charge in [-0.15, -0.1) is 0 Å². The van der Waals surface area contributed by atoms with Gasteiger partial charge in [0.15, 0.2) is 5.78 Å². The fourth-order valence-electron chi connectivity index (χ4n) is 3.03. The highest BCUT2D eigenvalue weighted by Crippen LogP contribution is 2.28. The van der Waals surface area contributed by atoms with E-state index in [2.05, 4.69) is 43.3 Å². The van der Waals surface area contributed by atoms with E-state index in [-0.39, 0.29) is 5.78 Å². The van der Waals surface area contributed by atoms with Crippen LogP contribution in [0.15, 0.2) is 113 Å². The number of carbonyl (C=O) groups excluding carboxylic acids is 1. The number of carbonyl (C=O) groups is 1. The predicted molar refractivity (Wildman–Crippen MR) is 117 cm³/mol. The van der Waals surface area contributed by atoms with Gasteiger partial charge in [-0.1, -0.05) is 84.1 Å². The third-order valence-corrected chi connectivity index (χ3v) is 5.64. The summed E-state index contributed by atoms with van der Waals surface area (Å²) in [7, 11) is 0. The molecule has 4 aromatic rings. The van der Waals surface area contributed by atoms with Crippen molar-refractivity contribution in [3.05, 3.63) is 120 Å². The van der Waals surface area contributed by atoms with Gasteiger partial charge in [0.2, 0.25) is 0 Å². The van der Waals surface area contributed by atoms with Crippen LogP contribution in [0.4, 0.5) is 0 Å². The summed E-state index contributed by atoms with van der Waals surface area (Å²) < 4.78 is 0. The number of ketones is 1. The van der Waals surface area contributed by atoms with Crippen molar-refractivity contribution >= 4 is 17.5 Å². The van der Waals surface area contributed by atoms with Gasteiger partial charge in [0, 0.05) is 20.9 Å². The molecule has 0 amide bonds. The topological polar surface area (TPSA) is 17.1 Å². The zero-order valence-electron chi connectivity index (χ0n) is 15.6. The molecular formula is C26H20OS. The Balaban J connectivity index is 1.48. The number of benzene rings is 4. The van der Waals surface area contributed by atoms with Crippen LogP contribution in [0.1, 0.15) is 21.5 Å². The summed E-state index contributed by atoms with van der Waals surface area (Å²) >= 11 is 1.70. The molecule has 4 rings (SSSR count). The largest absolute Gasteiger partial charge is 0.289 e. The van der Waals surface area contributed by atoms with E-state index in [9.17, 15) is 4.79 Å². The van der Waals surface area contributed by atoms with Crippen molar-refractivity contribution in [1.82, 2.24) is 0 Å². The molecule has 0 bridgehead atoms. The van der Waals surface area contributed by atoms with E-state index in [1.54, 1.807) is 11.8 Å². The van der Waals surface area contributed by atoms with E-state index in [4.69, 9.17) is 0 Å². The van der Waals surface area contributed by atoms with Gasteiger partial charge in [0.25, 0.3) is 0 Å². The Hall–Kier alpha value is -3.10. The highest BCUT2D eigenvalue weighted by atomic mass is 32.2. The summed E-state index contributed by atoms with van der Waals surface area (Å²) in [6.07, 6.45) is 0. The van der Waals surface area contributed by atoms with Crippen molar-refractivity contribution in [2.45, 2.75) is 16.7 Å². The molecule has 136 valence electrons. The van der Waals surface area contributed by atoms with Crippen LogP contribution >= 0.6 is 11.8 Å². The summed E-state index contributed by atoms with van der Waals surface area (Å²) in [5.74, 6) is 0.0477. The summed E-state index contributed by atoms with van der Waals surface area (Å²) in [5.41, 5.74) is 4.93. The van der Waals surface area contributed by atoms with Crippen molar-refractivity contribution in [2.75, 3.05) is 0 Å². The molecule has 0 fully saturated rings. The van der Waals surface area contributed by atoms with Crippen LogP contribution in [0.2, 0.25) is 0 Å². The second-order valence-corrected chi connectivity index (χ2v) is 7.86. The Morgan fingerprint density at radius 2 is 1.04 bits per heavy atom. The molecule has 0 N–H and O–H groups in total. The monoisotopic (exact) mass is 380 g/mol. The molecular weight excluding hydrogens is 360 g/mol. The molecule has 0 saturated carbocycles. The average Bonchev–Trinajstić information content (AvgIpc) is 2.76. The van der Waals surface area contributed by atoms with Crippen molar-refractivity contribution in [2.24, 2.45) is 0 Å². The van der Waals surface area contributed by atoms with Crippen LogP contribution in [0, 0.1) is 6.92 Å². The Bertz CT molecular complexity index is 1060. The molecule has 28 heavy (non-hydrogen) atoms. The van der Waals surface area contributed by atoms with Crippen molar-refractivity contribution < 1.29 is 4.79 Å². The molecule has 0 unspecified atom stereocenters. The van der Waals surface area contributed by atoms with E-state index >= 15 is 0 Å². The minimum Gasteiger partial charge on any atom is -0.289 e. The molecule has 0 aromatic heterocycles. The van der Waals surface area contributed by atoms with Crippen LogP contribution in [0.25, 0.3) is 11.1 Å². The van der Waals surface area contributed by atoms with Crippen molar-refractivity contribution in [3.63, 3.8) is 0 Å². The molecule has 0 aliphatic rings. The van der Waals surface area contributed by atoms with Gasteiger partial charge in [0.05, 0.1) is 0 Å². The minimum absolute atomic E-state index is 0.0477. The lowest BCUT2D eigenvalue weighted by Gasteiger charge is -2.06. The van der Waals surface area contributed by atoms with Gasteiger partial charge in [-0.3, -0.25) is 4.79 Å². The standard InChI is InChI=1S/C26H20OS/c1-19-7-15-24(16-8-19)28-25-17-13-23(14-18-25)26(27)22-11-9-21(10-12-22)20-5-3-2-4-6-20/h2-18H,1H3. The lowest BCUT2D eigenvalue weighted by atomic mass is 9.99. The third kappa shape index (κ3) is 4.24. The van der Waals surface area contributed by atoms with E-state index in [1.165, 1.54) is 10.5 Å². The zero-order valence-corrected chi connectivity index (χ0v) is 16.4. The van der Waals surface area contributed by atoms with Gasteiger partial charge in [0.1, 0.15) is 0 Å². The summed E-state index contributed by atoms with van der Waals surface area (Å²) in [4.78, 5) is 15.1. The van der Waals surface area contributed by atoms with Crippen LogP contribution in [0.5, 0.6) is 0 Å². The van der Waals surface area contributed by atoms with Gasteiger partial charge in [-0.2, -0.15) is 0 Å². The number of aryl methyl sites for hydroxylation is 1. The first-order chi connectivity index (χ1) is 13.7. The fourth-order valence-corrected chi connectivity index (χ4v) is 3.84. The molecule has 1 nitrogen and oxygen atoms in total. The average molecular weight is 381 g/mol. The van der Waals surface area contributed by atoms with E-state index in [0.29, 0.717) is 11.1 Å². The molecule has 0 atom stereocenters. The molecule has 0 radical (unpaired) electrons. The van der Waals surface area contributed by atoms with Gasteiger partial charge < -0.3 is 0 Å². The molecule has 0 saturated heterocycles. The zero-order chi connectivity index (χ0) is 19.3. The first-order valence-corrected chi connectivity index (χ1v) is 10.1. The van der Waals surface area contributed by atoms with E-state index in [0.717, 1.165) is 16.0 Å². The first kappa shape index (κ1) is 18.3. The molecule has 0 aliphatic heterocycles. The van der Waals surface area contributed by atoms with Crippen LogP contribution in [-0.4, -0.2) is 5.78 Å². The maximum atomic E-state index is 12.8. The SMILES string of the molecule is Cc1ccc(Sc2ccc(C(=O)c3ccc(-c4ccccc4)cc3)cc2)cc1. The van der Waals surface area contributed by atoms with Crippen LogP contribution < -0.4 is 0 Å². The highest BCUT2D eigenvalue weighted by Gasteiger charge is 2.09. The summed E-state index contributed by atoms with van der Waals surface area (Å²) in [6.45, 7) is 2.08. The predicted octanol–water partition coefficient (Wildman–Crippen LogP) is 7.04. The quantitative estimate of drug-likeness (QED) is 0.345. The Kier molecular flexibility index (Phi) is 5.41. The van der Waals surface area contributed by atoms with Crippen LogP contribution in [-0.2, 0) is 0 Å². The molecule has 0 heterocycles. The van der Waals surface area contributed by atoms with E-state index < -0.39 is 0 Å². The van der Waals surface area contributed by atoms with Crippen molar-refractivity contribution in [3.8, 4) is 11.1 Å². The van der Waals surface area contributed by atoms with Crippen molar-refractivity contribution in [1.29, 1.82) is 0 Å². The Morgan fingerprint density at radius 3 is 1.61 bits per heavy atom. The second kappa shape index (κ2) is 8.28. The first-order valence-electron chi connectivity index (χ1n) is 9.24. The third-order valence-electron chi connectivity index (χ3n) is 4.63. The van der Waals surface area contributed by atoms with E-state index in [1.807, 2.05) is 66.7 Å². The minimum atomic E-state index is 0.0477. The lowest BCUT2D eigenvalue weighted by Crippen LogP contribution is -2.00. The Labute approximate surface area is 170 Å². The number of rotatable bonds is 5. The number of hydrogen-bond donors (Lipinski definition) is 0. The summed E-state index contributed by atoms with van der Waals surface area (Å²) in [6, 6.07) is 34.3. The lowest BCUT2D eigenvalue weighted by molar-refractivity contribution is 0.103. The smallest absolute Gasteiger partial charge is 0.193 e. The van der Waals surface area contributed by atoms with Gasteiger partial charge in [-0.05, 0) is 54.4 Å².